The van der Waals surface area contributed by atoms with Crippen molar-refractivity contribution in [2.75, 3.05) is 31.6 Å². The Morgan fingerprint density at radius 1 is 1.09 bits per heavy atom. The number of piperidine rings is 1. The van der Waals surface area contributed by atoms with Crippen LogP contribution in [0.15, 0.2) is 72.8 Å². The van der Waals surface area contributed by atoms with Crippen LogP contribution in [-0.4, -0.2) is 53.2 Å². The molecule has 0 bridgehead atoms. The summed E-state index contributed by atoms with van der Waals surface area (Å²) < 4.78 is 5.80. The molecule has 1 saturated heterocycles. The number of aliphatic hydroxyl groups excluding tert-OH is 1. The van der Waals surface area contributed by atoms with Crippen molar-refractivity contribution in [3.63, 3.8) is 0 Å². The summed E-state index contributed by atoms with van der Waals surface area (Å²) >= 11 is 0. The summed E-state index contributed by atoms with van der Waals surface area (Å²) in [7, 11) is 0. The van der Waals surface area contributed by atoms with Gasteiger partial charge in [0, 0.05) is 18.8 Å². The van der Waals surface area contributed by atoms with Crippen LogP contribution in [0.2, 0.25) is 0 Å². The third-order valence-corrected chi connectivity index (χ3v) is 5.89. The molecular weight excluding hydrogens is 414 g/mol. The second kappa shape index (κ2) is 11.1. The molecule has 0 saturated carbocycles. The summed E-state index contributed by atoms with van der Waals surface area (Å²) in [5, 5.41) is 13.4. The maximum Gasteiger partial charge on any atom is 0.229 e. The molecule has 33 heavy (non-hydrogen) atoms. The Bertz CT molecular complexity index is 1040. The SMILES string of the molecule is Cc1cccc(NC(=O)[C@@H]2CCCN(C[C@H](O)COc3ccc(-c4ccccc4)cc3)C2)n1. The molecular formula is C27H31N3O3. The number of nitrogens with zero attached hydrogens (tertiary/aromatic N) is 2. The average molecular weight is 446 g/mol. The van der Waals surface area contributed by atoms with E-state index in [4.69, 9.17) is 4.74 Å². The highest BCUT2D eigenvalue weighted by Gasteiger charge is 2.27. The Morgan fingerprint density at radius 2 is 1.85 bits per heavy atom. The number of hydrogen-bond acceptors (Lipinski definition) is 5. The molecule has 1 aromatic heterocycles. The van der Waals surface area contributed by atoms with E-state index in [0.29, 0.717) is 18.9 Å². The fourth-order valence-corrected chi connectivity index (χ4v) is 4.19. The number of ether oxygens (including phenoxy) is 1. The molecule has 6 heteroatoms. The summed E-state index contributed by atoms with van der Waals surface area (Å²) in [6, 6.07) is 23.7. The van der Waals surface area contributed by atoms with Crippen molar-refractivity contribution >= 4 is 11.7 Å². The van der Waals surface area contributed by atoms with Gasteiger partial charge in [0.15, 0.2) is 0 Å². The number of hydrogen-bond donors (Lipinski definition) is 2. The summed E-state index contributed by atoms with van der Waals surface area (Å²) in [6.07, 6.45) is 1.14. The van der Waals surface area contributed by atoms with Gasteiger partial charge in [-0.1, -0.05) is 48.5 Å². The zero-order valence-corrected chi connectivity index (χ0v) is 19.0. The fraction of sp³-hybridized carbons (Fsp3) is 0.333. The molecule has 2 heterocycles. The van der Waals surface area contributed by atoms with E-state index >= 15 is 0 Å². The number of nitrogens with one attached hydrogen (secondary N) is 1. The molecule has 4 rings (SSSR count). The van der Waals surface area contributed by atoms with Crippen LogP contribution in [-0.2, 0) is 4.79 Å². The van der Waals surface area contributed by atoms with Crippen molar-refractivity contribution in [1.82, 2.24) is 9.88 Å². The third kappa shape index (κ3) is 6.63. The summed E-state index contributed by atoms with van der Waals surface area (Å²) in [6.45, 7) is 4.09. The number of rotatable bonds is 8. The second-order valence-corrected chi connectivity index (χ2v) is 8.61. The van der Waals surface area contributed by atoms with Crippen molar-refractivity contribution in [3.05, 3.63) is 78.5 Å². The van der Waals surface area contributed by atoms with E-state index in [1.807, 2.05) is 61.5 Å². The lowest BCUT2D eigenvalue weighted by atomic mass is 9.97. The van der Waals surface area contributed by atoms with E-state index in [-0.39, 0.29) is 18.4 Å². The number of aliphatic hydroxyl groups is 1. The van der Waals surface area contributed by atoms with Crippen molar-refractivity contribution in [3.8, 4) is 16.9 Å². The number of benzene rings is 2. The number of amides is 1. The molecule has 6 nitrogen and oxygen atoms in total. The van der Waals surface area contributed by atoms with E-state index in [1.165, 1.54) is 0 Å². The maximum atomic E-state index is 12.7. The van der Waals surface area contributed by atoms with E-state index in [1.54, 1.807) is 6.07 Å². The number of β-amino-alcohol motifs (C(OH)–C–C–N with tert-alkyl or cyclic N) is 1. The quantitative estimate of drug-likeness (QED) is 0.545. The molecule has 1 amide bonds. The van der Waals surface area contributed by atoms with Gasteiger partial charge in [-0.15, -0.1) is 0 Å². The van der Waals surface area contributed by atoms with Crippen LogP contribution in [0.5, 0.6) is 5.75 Å². The van der Waals surface area contributed by atoms with E-state index in [9.17, 15) is 9.90 Å². The van der Waals surface area contributed by atoms with Crippen LogP contribution in [0.4, 0.5) is 5.82 Å². The van der Waals surface area contributed by atoms with Gasteiger partial charge in [0.05, 0.1) is 5.92 Å². The number of anilines is 1. The van der Waals surface area contributed by atoms with Crippen LogP contribution in [0, 0.1) is 12.8 Å². The highest BCUT2D eigenvalue weighted by Crippen LogP contribution is 2.22. The van der Waals surface area contributed by atoms with Crippen LogP contribution in [0.25, 0.3) is 11.1 Å². The number of aromatic nitrogens is 1. The second-order valence-electron chi connectivity index (χ2n) is 8.61. The maximum absolute atomic E-state index is 12.7. The van der Waals surface area contributed by atoms with Crippen LogP contribution in [0.3, 0.4) is 0 Å². The molecule has 3 aromatic rings. The first-order valence-corrected chi connectivity index (χ1v) is 11.5. The zero-order chi connectivity index (χ0) is 23.0. The monoisotopic (exact) mass is 445 g/mol. The molecule has 1 aliphatic rings. The van der Waals surface area contributed by atoms with E-state index in [2.05, 4.69) is 27.3 Å². The Kier molecular flexibility index (Phi) is 7.70. The van der Waals surface area contributed by atoms with Gasteiger partial charge in [-0.3, -0.25) is 9.69 Å². The van der Waals surface area contributed by atoms with Gasteiger partial charge in [-0.2, -0.15) is 0 Å². The number of carbonyl (C=O) groups is 1. The smallest absolute Gasteiger partial charge is 0.229 e. The molecule has 2 atom stereocenters. The molecule has 0 unspecified atom stereocenters. The normalized spacial score (nSPS) is 17.3. The van der Waals surface area contributed by atoms with Gasteiger partial charge >= 0.3 is 0 Å². The molecule has 172 valence electrons. The fourth-order valence-electron chi connectivity index (χ4n) is 4.19. The largest absolute Gasteiger partial charge is 0.491 e. The lowest BCUT2D eigenvalue weighted by Gasteiger charge is -2.33. The number of aryl methyl sites for hydroxylation is 1. The predicted octanol–water partition coefficient (Wildman–Crippen LogP) is 4.15. The Labute approximate surface area is 195 Å². The number of carbonyl (C=O) groups excluding carboxylic acids is 1. The topological polar surface area (TPSA) is 74.7 Å². The minimum absolute atomic E-state index is 0.0120. The number of likely N-dealkylation sites (tertiary alicyclic amines) is 1. The summed E-state index contributed by atoms with van der Waals surface area (Å²) in [5.41, 5.74) is 3.16. The molecule has 1 fully saturated rings. The van der Waals surface area contributed by atoms with Gasteiger partial charge in [-0.05, 0) is 61.7 Å². The first-order chi connectivity index (χ1) is 16.1. The van der Waals surface area contributed by atoms with Gasteiger partial charge in [-0.25, -0.2) is 4.98 Å². The third-order valence-electron chi connectivity index (χ3n) is 5.89. The standard InChI is InChI=1S/C27H31N3O3/c1-20-7-5-11-26(28-20)29-27(32)23-10-6-16-30(17-23)18-24(31)19-33-25-14-12-22(13-15-25)21-8-3-2-4-9-21/h2-5,7-9,11-15,23-24,31H,6,10,16-19H2,1H3,(H,28,29,32)/t23-,24+/m1/s1. The summed E-state index contributed by atoms with van der Waals surface area (Å²) in [5.74, 6) is 1.20. The molecule has 2 N–H and O–H groups in total. The first kappa shape index (κ1) is 23.0. The minimum atomic E-state index is -0.626. The van der Waals surface area contributed by atoms with Crippen LogP contribution >= 0.6 is 0 Å². The van der Waals surface area contributed by atoms with Crippen LogP contribution < -0.4 is 10.1 Å². The molecule has 2 aromatic carbocycles. The Hall–Kier alpha value is -3.22. The lowest BCUT2D eigenvalue weighted by molar-refractivity contribution is -0.121. The van der Waals surface area contributed by atoms with E-state index < -0.39 is 6.10 Å². The first-order valence-electron chi connectivity index (χ1n) is 11.5. The average Bonchev–Trinajstić information content (AvgIpc) is 2.84. The lowest BCUT2D eigenvalue weighted by Crippen LogP contribution is -2.44. The highest BCUT2D eigenvalue weighted by atomic mass is 16.5. The number of pyridine rings is 1. The van der Waals surface area contributed by atoms with Gasteiger partial charge in [0.1, 0.15) is 24.3 Å². The van der Waals surface area contributed by atoms with Crippen molar-refractivity contribution in [2.45, 2.75) is 25.9 Å². The molecule has 1 aliphatic heterocycles. The van der Waals surface area contributed by atoms with Crippen molar-refractivity contribution in [2.24, 2.45) is 5.92 Å². The van der Waals surface area contributed by atoms with Gasteiger partial charge in [0.25, 0.3) is 0 Å². The Balaban J connectivity index is 1.23. The molecule has 0 spiro atoms. The van der Waals surface area contributed by atoms with Gasteiger partial charge < -0.3 is 15.2 Å². The highest BCUT2D eigenvalue weighted by molar-refractivity contribution is 5.91. The Morgan fingerprint density at radius 3 is 2.61 bits per heavy atom. The zero-order valence-electron chi connectivity index (χ0n) is 19.0. The van der Waals surface area contributed by atoms with Crippen molar-refractivity contribution < 1.29 is 14.6 Å². The molecule has 0 radical (unpaired) electrons. The van der Waals surface area contributed by atoms with Gasteiger partial charge in [0.2, 0.25) is 5.91 Å². The van der Waals surface area contributed by atoms with Crippen molar-refractivity contribution in [1.29, 1.82) is 0 Å². The predicted molar refractivity (Wildman–Crippen MR) is 130 cm³/mol. The van der Waals surface area contributed by atoms with E-state index in [0.717, 1.165) is 42.0 Å². The summed E-state index contributed by atoms with van der Waals surface area (Å²) in [4.78, 5) is 19.2. The minimum Gasteiger partial charge on any atom is -0.491 e. The molecule has 0 aliphatic carbocycles. The van der Waals surface area contributed by atoms with Crippen LogP contribution in [0.1, 0.15) is 18.5 Å².